The highest BCUT2D eigenvalue weighted by atomic mass is 19.1. The topological polar surface area (TPSA) is 68.5 Å². The summed E-state index contributed by atoms with van der Waals surface area (Å²) in [7, 11) is 1.38. The van der Waals surface area contributed by atoms with Gasteiger partial charge in [-0.05, 0) is 36.8 Å². The van der Waals surface area contributed by atoms with Gasteiger partial charge in [0.25, 0.3) is 5.91 Å². The maximum Gasteiger partial charge on any atom is 0.349 e. The molecule has 1 amide bonds. The zero-order chi connectivity index (χ0) is 18.0. The molecule has 3 rings (SSSR count). The van der Waals surface area contributed by atoms with Gasteiger partial charge in [0, 0.05) is 5.39 Å². The summed E-state index contributed by atoms with van der Waals surface area (Å²) in [5.41, 5.74) is 0.148. The van der Waals surface area contributed by atoms with E-state index in [4.69, 9.17) is 9.15 Å². The summed E-state index contributed by atoms with van der Waals surface area (Å²) in [5, 5.41) is 3.32. The lowest BCUT2D eigenvalue weighted by molar-refractivity contribution is 0.0936. The van der Waals surface area contributed by atoms with Gasteiger partial charge in [-0.3, -0.25) is 4.79 Å². The van der Waals surface area contributed by atoms with E-state index in [1.165, 1.54) is 25.3 Å². The zero-order valence-electron chi connectivity index (χ0n) is 13.7. The molecule has 1 heterocycles. The van der Waals surface area contributed by atoms with Gasteiger partial charge in [-0.2, -0.15) is 0 Å². The molecule has 5 nitrogen and oxygen atoms in total. The Hall–Kier alpha value is -3.15. The molecule has 0 unspecified atom stereocenters. The van der Waals surface area contributed by atoms with E-state index in [-0.39, 0.29) is 11.3 Å². The average molecular weight is 341 g/mol. The van der Waals surface area contributed by atoms with E-state index < -0.39 is 23.4 Å². The van der Waals surface area contributed by atoms with E-state index in [1.54, 1.807) is 37.3 Å². The predicted octanol–water partition coefficient (Wildman–Crippen LogP) is 3.43. The lowest BCUT2D eigenvalue weighted by atomic mass is 10.1. The fraction of sp³-hybridized carbons (Fsp3) is 0.158. The summed E-state index contributed by atoms with van der Waals surface area (Å²) < 4.78 is 23.8. The van der Waals surface area contributed by atoms with Crippen molar-refractivity contribution in [2.45, 2.75) is 13.0 Å². The summed E-state index contributed by atoms with van der Waals surface area (Å²) in [6.45, 7) is 1.70. The molecule has 0 aliphatic carbocycles. The van der Waals surface area contributed by atoms with Crippen molar-refractivity contribution in [2.24, 2.45) is 0 Å². The lowest BCUT2D eigenvalue weighted by Gasteiger charge is -2.15. The van der Waals surface area contributed by atoms with Crippen molar-refractivity contribution in [3.05, 3.63) is 75.9 Å². The van der Waals surface area contributed by atoms with Crippen LogP contribution in [0.15, 0.2) is 57.7 Å². The predicted molar refractivity (Wildman–Crippen MR) is 91.3 cm³/mol. The van der Waals surface area contributed by atoms with E-state index >= 15 is 0 Å². The zero-order valence-corrected chi connectivity index (χ0v) is 13.7. The number of ether oxygens (including phenoxy) is 1. The van der Waals surface area contributed by atoms with Crippen LogP contribution in [-0.4, -0.2) is 13.0 Å². The minimum atomic E-state index is -0.718. The molecule has 0 fully saturated rings. The lowest BCUT2D eigenvalue weighted by Crippen LogP contribution is -2.30. The Morgan fingerprint density at radius 2 is 1.96 bits per heavy atom. The number of carbonyl (C=O) groups is 1. The van der Waals surface area contributed by atoms with Gasteiger partial charge >= 0.3 is 5.63 Å². The number of nitrogens with one attached hydrogen (secondary N) is 1. The second-order valence-electron chi connectivity index (χ2n) is 5.57. The molecular weight excluding hydrogens is 325 g/mol. The number of hydrogen-bond acceptors (Lipinski definition) is 4. The largest absolute Gasteiger partial charge is 0.494 e. The quantitative estimate of drug-likeness (QED) is 0.738. The smallest absolute Gasteiger partial charge is 0.349 e. The highest BCUT2D eigenvalue weighted by Gasteiger charge is 2.17. The second-order valence-corrected chi connectivity index (χ2v) is 5.57. The molecule has 0 aliphatic rings. The van der Waals surface area contributed by atoms with Gasteiger partial charge in [0.2, 0.25) is 0 Å². The van der Waals surface area contributed by atoms with Crippen LogP contribution < -0.4 is 15.7 Å². The molecule has 1 N–H and O–H groups in total. The average Bonchev–Trinajstić information content (AvgIpc) is 2.60. The van der Waals surface area contributed by atoms with Crippen LogP contribution in [0.25, 0.3) is 11.0 Å². The molecule has 1 aromatic heterocycles. The Kier molecular flexibility index (Phi) is 4.52. The summed E-state index contributed by atoms with van der Waals surface area (Å²) in [5.74, 6) is -0.980. The molecule has 0 spiro atoms. The van der Waals surface area contributed by atoms with Crippen molar-refractivity contribution < 1.29 is 18.3 Å². The van der Waals surface area contributed by atoms with Crippen LogP contribution in [0.5, 0.6) is 5.75 Å². The number of carbonyl (C=O) groups excluding carboxylic acids is 1. The van der Waals surface area contributed by atoms with Gasteiger partial charge in [0.1, 0.15) is 11.1 Å². The normalized spacial score (nSPS) is 12.0. The van der Waals surface area contributed by atoms with Gasteiger partial charge in [0.15, 0.2) is 11.6 Å². The van der Waals surface area contributed by atoms with Crippen LogP contribution in [0, 0.1) is 5.82 Å². The Labute approximate surface area is 143 Å². The first-order valence-electron chi connectivity index (χ1n) is 7.67. The van der Waals surface area contributed by atoms with Gasteiger partial charge in [0.05, 0.1) is 13.2 Å². The third kappa shape index (κ3) is 3.38. The van der Waals surface area contributed by atoms with Gasteiger partial charge in [-0.15, -0.1) is 0 Å². The number of fused-ring (bicyclic) bond motifs is 1. The Balaban J connectivity index is 1.85. The maximum atomic E-state index is 13.8. The molecule has 0 bridgehead atoms. The Morgan fingerprint density at radius 1 is 1.20 bits per heavy atom. The molecule has 2 aromatic carbocycles. The maximum absolute atomic E-state index is 13.8. The number of benzene rings is 2. The first-order valence-corrected chi connectivity index (χ1v) is 7.67. The van der Waals surface area contributed by atoms with Crippen LogP contribution in [0.4, 0.5) is 4.39 Å². The summed E-state index contributed by atoms with van der Waals surface area (Å²) in [6, 6.07) is 12.3. The van der Waals surface area contributed by atoms with Crippen molar-refractivity contribution in [3.8, 4) is 5.75 Å². The Morgan fingerprint density at radius 3 is 2.68 bits per heavy atom. The van der Waals surface area contributed by atoms with E-state index in [0.717, 1.165) is 0 Å². The van der Waals surface area contributed by atoms with Crippen molar-refractivity contribution in [1.29, 1.82) is 0 Å². The highest BCUT2D eigenvalue weighted by molar-refractivity contribution is 5.96. The van der Waals surface area contributed by atoms with E-state index in [9.17, 15) is 14.0 Å². The SMILES string of the molecule is COc1ccc([C@H](C)NC(=O)c2cc3ccccc3oc2=O)cc1F. The summed E-state index contributed by atoms with van der Waals surface area (Å²) >= 11 is 0. The number of amides is 1. The fourth-order valence-corrected chi connectivity index (χ4v) is 2.53. The minimum Gasteiger partial charge on any atom is -0.494 e. The molecule has 25 heavy (non-hydrogen) atoms. The van der Waals surface area contributed by atoms with Crippen molar-refractivity contribution >= 4 is 16.9 Å². The molecule has 0 saturated carbocycles. The third-order valence-electron chi connectivity index (χ3n) is 3.91. The molecule has 0 aliphatic heterocycles. The van der Waals surface area contributed by atoms with Gasteiger partial charge in [-0.1, -0.05) is 24.3 Å². The monoisotopic (exact) mass is 341 g/mol. The Bertz CT molecular complexity index is 996. The number of halogens is 1. The van der Waals surface area contributed by atoms with Crippen molar-refractivity contribution in [3.63, 3.8) is 0 Å². The molecule has 6 heteroatoms. The summed E-state index contributed by atoms with van der Waals surface area (Å²) in [6.07, 6.45) is 0. The highest BCUT2D eigenvalue weighted by Crippen LogP contribution is 2.22. The first-order chi connectivity index (χ1) is 12.0. The van der Waals surface area contributed by atoms with Crippen molar-refractivity contribution in [1.82, 2.24) is 5.32 Å². The van der Waals surface area contributed by atoms with Gasteiger partial charge < -0.3 is 14.5 Å². The number of para-hydroxylation sites is 1. The molecule has 128 valence electrons. The second kappa shape index (κ2) is 6.76. The number of methoxy groups -OCH3 is 1. The van der Waals surface area contributed by atoms with Crippen LogP contribution in [0.1, 0.15) is 28.9 Å². The molecule has 3 aromatic rings. The number of hydrogen-bond donors (Lipinski definition) is 1. The molecule has 0 radical (unpaired) electrons. The summed E-state index contributed by atoms with van der Waals surface area (Å²) in [4.78, 5) is 24.4. The van der Waals surface area contributed by atoms with E-state index in [1.807, 2.05) is 0 Å². The molecule has 1 atom stereocenters. The fourth-order valence-electron chi connectivity index (χ4n) is 2.53. The van der Waals surface area contributed by atoms with E-state index in [0.29, 0.717) is 16.5 Å². The van der Waals surface area contributed by atoms with E-state index in [2.05, 4.69) is 5.32 Å². The number of rotatable bonds is 4. The third-order valence-corrected chi connectivity index (χ3v) is 3.91. The minimum absolute atomic E-state index is 0.0977. The van der Waals surface area contributed by atoms with Gasteiger partial charge in [-0.25, -0.2) is 9.18 Å². The van der Waals surface area contributed by atoms with Crippen LogP contribution >= 0.6 is 0 Å². The first kappa shape index (κ1) is 16.7. The van der Waals surface area contributed by atoms with Crippen LogP contribution in [-0.2, 0) is 0 Å². The molecule has 0 saturated heterocycles. The standard InChI is InChI=1S/C19H16FNO4/c1-11(12-7-8-17(24-2)15(20)10-12)21-18(22)14-9-13-5-3-4-6-16(13)25-19(14)23/h3-11H,1-2H3,(H,21,22)/t11-/m0/s1. The van der Waals surface area contributed by atoms with Crippen molar-refractivity contribution in [2.75, 3.05) is 7.11 Å². The van der Waals surface area contributed by atoms with Crippen LogP contribution in [0.2, 0.25) is 0 Å². The van der Waals surface area contributed by atoms with Crippen LogP contribution in [0.3, 0.4) is 0 Å². The molecular formula is C19H16FNO4.